The number of fused-ring (bicyclic) bond motifs is 2. The molecule has 0 bridgehead atoms. The van der Waals surface area contributed by atoms with Crippen molar-refractivity contribution in [2.45, 2.75) is 44.7 Å². The van der Waals surface area contributed by atoms with Gasteiger partial charge in [0.25, 0.3) is 5.91 Å². The number of amides is 2. The van der Waals surface area contributed by atoms with Gasteiger partial charge in [-0.2, -0.15) is 5.10 Å². The van der Waals surface area contributed by atoms with Gasteiger partial charge in [-0.15, -0.1) is 0 Å². The van der Waals surface area contributed by atoms with Crippen LogP contribution >= 0.6 is 0 Å². The summed E-state index contributed by atoms with van der Waals surface area (Å²) in [6.07, 6.45) is 3.33. The molecule has 124 valence electrons. The third-order valence-electron chi connectivity index (χ3n) is 4.90. The van der Waals surface area contributed by atoms with Gasteiger partial charge in [0.15, 0.2) is 0 Å². The Balaban J connectivity index is 1.59. The Bertz CT molecular complexity index is 839. The summed E-state index contributed by atoms with van der Waals surface area (Å²) in [6.45, 7) is 4.56. The van der Waals surface area contributed by atoms with Crippen LogP contribution in [0.1, 0.15) is 54.5 Å². The Hall–Kier alpha value is -2.70. The number of hydrogen-bond acceptors (Lipinski definition) is 4. The summed E-state index contributed by atoms with van der Waals surface area (Å²) < 4.78 is 1.84. The van der Waals surface area contributed by atoms with Gasteiger partial charge in [-0.1, -0.05) is 0 Å². The van der Waals surface area contributed by atoms with E-state index in [1.54, 1.807) is 18.2 Å². The van der Waals surface area contributed by atoms with E-state index in [4.69, 9.17) is 0 Å². The van der Waals surface area contributed by atoms with Gasteiger partial charge < -0.3 is 10.6 Å². The molecule has 0 aliphatic carbocycles. The number of nitrogens with one attached hydrogen (secondary N) is 2. The second-order valence-corrected chi connectivity index (χ2v) is 6.85. The highest BCUT2D eigenvalue weighted by Gasteiger charge is 2.38. The molecule has 0 saturated carbocycles. The van der Waals surface area contributed by atoms with Gasteiger partial charge >= 0.3 is 0 Å². The number of rotatable bonds is 2. The molecule has 7 heteroatoms. The van der Waals surface area contributed by atoms with Crippen molar-refractivity contribution in [3.8, 4) is 0 Å². The lowest BCUT2D eigenvalue weighted by Gasteiger charge is -2.23. The molecular formula is C17H19N5O2. The number of nitrogens with zero attached hydrogens (tertiary/aromatic N) is 3. The van der Waals surface area contributed by atoms with Crippen LogP contribution in [0, 0.1) is 0 Å². The highest BCUT2D eigenvalue weighted by Crippen LogP contribution is 2.37. The molecule has 3 heterocycles. The van der Waals surface area contributed by atoms with E-state index in [1.165, 1.54) is 6.33 Å². The first kappa shape index (κ1) is 14.9. The summed E-state index contributed by atoms with van der Waals surface area (Å²) in [6, 6.07) is 5.20. The molecule has 0 fully saturated rings. The van der Waals surface area contributed by atoms with E-state index >= 15 is 0 Å². The van der Waals surface area contributed by atoms with Crippen LogP contribution in [0.5, 0.6) is 0 Å². The Kier molecular flexibility index (Phi) is 3.19. The standard InChI is InChI=1S/C17H19N5O2/c1-17(2)11-8-10(5-6-12(11)21-16(17)24)15(23)20-13-4-3-7-22-14(13)18-9-19-22/h5-6,8-9,13H,3-4,7H2,1-2H3,(H,20,23)(H,21,24). The molecule has 2 aliphatic heterocycles. The number of aromatic nitrogens is 3. The van der Waals surface area contributed by atoms with Crippen LogP contribution in [0.4, 0.5) is 5.69 Å². The van der Waals surface area contributed by atoms with E-state index in [2.05, 4.69) is 20.7 Å². The molecule has 0 radical (unpaired) electrons. The van der Waals surface area contributed by atoms with Gasteiger partial charge in [-0.3, -0.25) is 9.59 Å². The van der Waals surface area contributed by atoms with E-state index in [0.717, 1.165) is 36.5 Å². The lowest BCUT2D eigenvalue weighted by atomic mass is 9.85. The normalized spacial score (nSPS) is 20.9. The highest BCUT2D eigenvalue weighted by atomic mass is 16.2. The fourth-order valence-corrected chi connectivity index (χ4v) is 3.38. The summed E-state index contributed by atoms with van der Waals surface area (Å²) in [5, 5.41) is 10.1. The summed E-state index contributed by atoms with van der Waals surface area (Å²) in [5.41, 5.74) is 1.55. The molecule has 1 aromatic heterocycles. The highest BCUT2D eigenvalue weighted by molar-refractivity contribution is 6.07. The van der Waals surface area contributed by atoms with E-state index in [-0.39, 0.29) is 17.9 Å². The van der Waals surface area contributed by atoms with Gasteiger partial charge in [0.2, 0.25) is 5.91 Å². The summed E-state index contributed by atoms with van der Waals surface area (Å²) in [5.74, 6) is 0.595. The third kappa shape index (κ3) is 2.19. The van der Waals surface area contributed by atoms with E-state index in [1.807, 2.05) is 18.5 Å². The molecule has 1 aromatic carbocycles. The van der Waals surface area contributed by atoms with Gasteiger partial charge in [0.1, 0.15) is 12.2 Å². The minimum Gasteiger partial charge on any atom is -0.342 e. The maximum absolute atomic E-state index is 12.7. The van der Waals surface area contributed by atoms with Crippen molar-refractivity contribution in [1.82, 2.24) is 20.1 Å². The van der Waals surface area contributed by atoms with Crippen LogP contribution in [0.2, 0.25) is 0 Å². The lowest BCUT2D eigenvalue weighted by Crippen LogP contribution is -2.33. The molecule has 2 aliphatic rings. The second kappa shape index (κ2) is 5.15. The molecular weight excluding hydrogens is 306 g/mol. The Morgan fingerprint density at radius 2 is 2.25 bits per heavy atom. The van der Waals surface area contributed by atoms with Crippen molar-refractivity contribution in [1.29, 1.82) is 0 Å². The van der Waals surface area contributed by atoms with Crippen LogP contribution in [0.3, 0.4) is 0 Å². The maximum atomic E-state index is 12.7. The Morgan fingerprint density at radius 3 is 3.08 bits per heavy atom. The molecule has 1 atom stereocenters. The van der Waals surface area contributed by atoms with E-state index < -0.39 is 5.41 Å². The summed E-state index contributed by atoms with van der Waals surface area (Å²) in [7, 11) is 0. The molecule has 0 saturated heterocycles. The van der Waals surface area contributed by atoms with Crippen molar-refractivity contribution in [3.63, 3.8) is 0 Å². The average Bonchev–Trinajstić information content (AvgIpc) is 3.12. The molecule has 2 N–H and O–H groups in total. The Morgan fingerprint density at radius 1 is 1.42 bits per heavy atom. The summed E-state index contributed by atoms with van der Waals surface area (Å²) in [4.78, 5) is 29.0. The van der Waals surface area contributed by atoms with Crippen LogP contribution in [-0.4, -0.2) is 26.6 Å². The molecule has 4 rings (SSSR count). The predicted octanol–water partition coefficient (Wildman–Crippen LogP) is 1.77. The number of carbonyl (C=O) groups excluding carboxylic acids is 2. The SMILES string of the molecule is CC1(C)C(=O)Nc2ccc(C(=O)NC3CCCn4ncnc43)cc21. The quantitative estimate of drug-likeness (QED) is 0.881. The zero-order valence-electron chi connectivity index (χ0n) is 13.7. The minimum atomic E-state index is -0.628. The molecule has 24 heavy (non-hydrogen) atoms. The van der Waals surface area contributed by atoms with Crippen LogP contribution in [-0.2, 0) is 16.8 Å². The van der Waals surface area contributed by atoms with Crippen molar-refractivity contribution in [3.05, 3.63) is 41.5 Å². The van der Waals surface area contributed by atoms with Crippen LogP contribution in [0.15, 0.2) is 24.5 Å². The number of carbonyl (C=O) groups is 2. The van der Waals surface area contributed by atoms with Crippen molar-refractivity contribution < 1.29 is 9.59 Å². The van der Waals surface area contributed by atoms with E-state index in [9.17, 15) is 9.59 Å². The molecule has 1 unspecified atom stereocenters. The van der Waals surface area contributed by atoms with Crippen molar-refractivity contribution >= 4 is 17.5 Å². The Labute approximate surface area is 139 Å². The first-order valence-electron chi connectivity index (χ1n) is 8.11. The average molecular weight is 325 g/mol. The van der Waals surface area contributed by atoms with Gasteiger partial charge in [-0.25, -0.2) is 9.67 Å². The van der Waals surface area contributed by atoms with Gasteiger partial charge in [-0.05, 0) is 50.5 Å². The maximum Gasteiger partial charge on any atom is 0.251 e. The first-order valence-corrected chi connectivity index (χ1v) is 8.11. The topological polar surface area (TPSA) is 88.9 Å². The number of aryl methyl sites for hydroxylation is 1. The number of anilines is 1. The molecule has 2 amide bonds. The van der Waals surface area contributed by atoms with Gasteiger partial charge in [0, 0.05) is 17.8 Å². The second-order valence-electron chi connectivity index (χ2n) is 6.85. The molecule has 0 spiro atoms. The van der Waals surface area contributed by atoms with E-state index in [0.29, 0.717) is 5.56 Å². The van der Waals surface area contributed by atoms with Gasteiger partial charge in [0.05, 0.1) is 11.5 Å². The van der Waals surface area contributed by atoms with Crippen molar-refractivity contribution in [2.24, 2.45) is 0 Å². The zero-order valence-corrected chi connectivity index (χ0v) is 13.7. The summed E-state index contributed by atoms with van der Waals surface area (Å²) >= 11 is 0. The predicted molar refractivity (Wildman–Crippen MR) is 87.6 cm³/mol. The fourth-order valence-electron chi connectivity index (χ4n) is 3.38. The lowest BCUT2D eigenvalue weighted by molar-refractivity contribution is -0.119. The zero-order chi connectivity index (χ0) is 16.9. The fraction of sp³-hybridized carbons (Fsp3) is 0.412. The number of hydrogen-bond donors (Lipinski definition) is 2. The van der Waals surface area contributed by atoms with Crippen LogP contribution in [0.25, 0.3) is 0 Å². The minimum absolute atomic E-state index is 0.0459. The largest absolute Gasteiger partial charge is 0.342 e. The van der Waals surface area contributed by atoms with Crippen LogP contribution < -0.4 is 10.6 Å². The number of benzene rings is 1. The molecule has 2 aromatic rings. The molecule has 7 nitrogen and oxygen atoms in total. The first-order chi connectivity index (χ1) is 11.5. The third-order valence-corrected chi connectivity index (χ3v) is 4.90. The smallest absolute Gasteiger partial charge is 0.251 e. The van der Waals surface area contributed by atoms with Crippen molar-refractivity contribution in [2.75, 3.05) is 5.32 Å². The monoisotopic (exact) mass is 325 g/mol.